The van der Waals surface area contributed by atoms with Gasteiger partial charge in [-0.05, 0) is 61.4 Å². The van der Waals surface area contributed by atoms with Gasteiger partial charge >= 0.3 is 0 Å². The van der Waals surface area contributed by atoms with Crippen LogP contribution in [0.2, 0.25) is 0 Å². The molecule has 0 aliphatic carbocycles. The van der Waals surface area contributed by atoms with E-state index in [-0.39, 0.29) is 18.4 Å². The minimum atomic E-state index is -0.139. The van der Waals surface area contributed by atoms with Crippen LogP contribution in [0.1, 0.15) is 21.5 Å². The summed E-state index contributed by atoms with van der Waals surface area (Å²) in [6.45, 7) is 4.27. The van der Waals surface area contributed by atoms with Crippen LogP contribution in [0, 0.1) is 13.8 Å². The molecule has 0 aliphatic rings. The quantitative estimate of drug-likeness (QED) is 0.888. The number of nitrogens with one attached hydrogen (secondary N) is 2. The van der Waals surface area contributed by atoms with Crippen LogP contribution in [0.25, 0.3) is 0 Å². The van der Waals surface area contributed by atoms with E-state index in [1.54, 1.807) is 38.4 Å². The van der Waals surface area contributed by atoms with E-state index in [4.69, 9.17) is 0 Å². The summed E-state index contributed by atoms with van der Waals surface area (Å²) in [5.41, 5.74) is 4.57. The largest absolute Gasteiger partial charge is 0.376 e. The van der Waals surface area contributed by atoms with Gasteiger partial charge in [0, 0.05) is 31.0 Å². The molecule has 0 saturated carbocycles. The van der Waals surface area contributed by atoms with Gasteiger partial charge in [0.1, 0.15) is 0 Å². The van der Waals surface area contributed by atoms with Crippen LogP contribution in [0.5, 0.6) is 0 Å². The molecule has 2 aromatic carbocycles. The molecule has 126 valence electrons. The van der Waals surface area contributed by atoms with Crippen molar-refractivity contribution in [2.45, 2.75) is 13.8 Å². The smallest absolute Gasteiger partial charge is 0.253 e. The van der Waals surface area contributed by atoms with Crippen LogP contribution >= 0.6 is 0 Å². The Balaban J connectivity index is 1.90. The highest BCUT2D eigenvalue weighted by atomic mass is 16.2. The van der Waals surface area contributed by atoms with Crippen LogP contribution in [-0.2, 0) is 4.79 Å². The average Bonchev–Trinajstić information content (AvgIpc) is 2.56. The van der Waals surface area contributed by atoms with E-state index in [0.29, 0.717) is 11.3 Å². The number of anilines is 2. The number of nitrogens with zero attached hydrogens (tertiary/aromatic N) is 1. The summed E-state index contributed by atoms with van der Waals surface area (Å²) < 4.78 is 0. The summed E-state index contributed by atoms with van der Waals surface area (Å²) in [6.07, 6.45) is 0. The third kappa shape index (κ3) is 4.59. The van der Waals surface area contributed by atoms with E-state index in [0.717, 1.165) is 5.69 Å². The summed E-state index contributed by atoms with van der Waals surface area (Å²) in [6, 6.07) is 12.9. The van der Waals surface area contributed by atoms with Crippen molar-refractivity contribution >= 4 is 23.2 Å². The topological polar surface area (TPSA) is 61.4 Å². The number of benzene rings is 2. The Labute approximate surface area is 142 Å². The molecule has 0 fully saturated rings. The normalized spacial score (nSPS) is 10.2. The SMILES string of the molecule is Cc1ccc(NCC(=O)Nc2ccc(C(=O)N(C)C)cc2)cc1C. The minimum absolute atomic E-state index is 0.0655. The van der Waals surface area contributed by atoms with Gasteiger partial charge in [-0.3, -0.25) is 9.59 Å². The molecule has 0 atom stereocenters. The molecule has 5 nitrogen and oxygen atoms in total. The maximum atomic E-state index is 12.0. The summed E-state index contributed by atoms with van der Waals surface area (Å²) in [4.78, 5) is 25.3. The molecule has 2 N–H and O–H groups in total. The van der Waals surface area contributed by atoms with Gasteiger partial charge in [0.05, 0.1) is 6.54 Å². The monoisotopic (exact) mass is 325 g/mol. The molecule has 0 heterocycles. The molecule has 5 heteroatoms. The Morgan fingerprint density at radius 1 is 0.917 bits per heavy atom. The van der Waals surface area contributed by atoms with Crippen molar-refractivity contribution in [1.29, 1.82) is 0 Å². The lowest BCUT2D eigenvalue weighted by atomic mass is 10.1. The van der Waals surface area contributed by atoms with Crippen molar-refractivity contribution in [1.82, 2.24) is 4.90 Å². The third-order valence-electron chi connectivity index (χ3n) is 3.78. The molecule has 0 spiro atoms. The summed E-state index contributed by atoms with van der Waals surface area (Å²) in [7, 11) is 3.41. The van der Waals surface area contributed by atoms with Gasteiger partial charge in [0.25, 0.3) is 5.91 Å². The highest BCUT2D eigenvalue weighted by molar-refractivity contribution is 5.96. The number of carbonyl (C=O) groups excluding carboxylic acids is 2. The molecule has 0 aliphatic heterocycles. The van der Waals surface area contributed by atoms with Gasteiger partial charge in [-0.2, -0.15) is 0 Å². The Morgan fingerprint density at radius 3 is 2.12 bits per heavy atom. The predicted molar refractivity (Wildman–Crippen MR) is 97.5 cm³/mol. The van der Waals surface area contributed by atoms with Crippen LogP contribution < -0.4 is 10.6 Å². The van der Waals surface area contributed by atoms with Crippen molar-refractivity contribution in [2.75, 3.05) is 31.3 Å². The zero-order chi connectivity index (χ0) is 17.7. The molecule has 2 amide bonds. The highest BCUT2D eigenvalue weighted by Crippen LogP contribution is 2.14. The minimum Gasteiger partial charge on any atom is -0.376 e. The van der Waals surface area contributed by atoms with Gasteiger partial charge in [-0.1, -0.05) is 6.07 Å². The summed E-state index contributed by atoms with van der Waals surface area (Å²) >= 11 is 0. The number of hydrogen-bond acceptors (Lipinski definition) is 3. The Bertz CT molecular complexity index is 737. The second kappa shape index (κ2) is 7.64. The van der Waals surface area contributed by atoms with Gasteiger partial charge in [0.15, 0.2) is 0 Å². The first-order valence-corrected chi connectivity index (χ1v) is 7.79. The standard InChI is InChI=1S/C19H23N3O2/c1-13-5-8-17(11-14(13)2)20-12-18(23)21-16-9-6-15(7-10-16)19(24)22(3)4/h5-11,20H,12H2,1-4H3,(H,21,23). The fraction of sp³-hybridized carbons (Fsp3) is 0.263. The fourth-order valence-corrected chi connectivity index (χ4v) is 2.19. The Morgan fingerprint density at radius 2 is 1.54 bits per heavy atom. The van der Waals surface area contributed by atoms with E-state index in [1.165, 1.54) is 16.0 Å². The first kappa shape index (κ1) is 17.5. The number of hydrogen-bond donors (Lipinski definition) is 2. The Kier molecular flexibility index (Phi) is 5.58. The lowest BCUT2D eigenvalue weighted by molar-refractivity contribution is -0.114. The molecule has 2 rings (SSSR count). The van der Waals surface area contributed by atoms with E-state index < -0.39 is 0 Å². The zero-order valence-electron chi connectivity index (χ0n) is 14.5. The first-order valence-electron chi connectivity index (χ1n) is 7.79. The van der Waals surface area contributed by atoms with Crippen molar-refractivity contribution in [3.8, 4) is 0 Å². The van der Waals surface area contributed by atoms with E-state index in [2.05, 4.69) is 17.6 Å². The predicted octanol–water partition coefficient (Wildman–Crippen LogP) is 3.06. The number of carbonyl (C=O) groups is 2. The zero-order valence-corrected chi connectivity index (χ0v) is 14.5. The van der Waals surface area contributed by atoms with E-state index in [9.17, 15) is 9.59 Å². The van der Waals surface area contributed by atoms with Crippen molar-refractivity contribution in [3.63, 3.8) is 0 Å². The maximum absolute atomic E-state index is 12.0. The lowest BCUT2D eigenvalue weighted by Crippen LogP contribution is -2.23. The van der Waals surface area contributed by atoms with Crippen LogP contribution in [0.4, 0.5) is 11.4 Å². The highest BCUT2D eigenvalue weighted by Gasteiger charge is 2.08. The molecule has 0 unspecified atom stereocenters. The molecular formula is C19H23N3O2. The molecule has 0 saturated heterocycles. The van der Waals surface area contributed by atoms with E-state index in [1.807, 2.05) is 25.1 Å². The van der Waals surface area contributed by atoms with Crippen LogP contribution in [0.15, 0.2) is 42.5 Å². The van der Waals surface area contributed by atoms with Crippen LogP contribution in [0.3, 0.4) is 0 Å². The fourth-order valence-electron chi connectivity index (χ4n) is 2.19. The first-order chi connectivity index (χ1) is 11.4. The molecule has 0 bridgehead atoms. The number of rotatable bonds is 5. The van der Waals surface area contributed by atoms with Gasteiger partial charge in [0.2, 0.25) is 5.91 Å². The summed E-state index contributed by atoms with van der Waals surface area (Å²) in [5, 5.41) is 5.91. The van der Waals surface area contributed by atoms with Crippen molar-refractivity contribution in [3.05, 3.63) is 59.2 Å². The van der Waals surface area contributed by atoms with Gasteiger partial charge in [-0.15, -0.1) is 0 Å². The number of amides is 2. The molecule has 24 heavy (non-hydrogen) atoms. The van der Waals surface area contributed by atoms with Crippen molar-refractivity contribution in [2.24, 2.45) is 0 Å². The second-order valence-electron chi connectivity index (χ2n) is 5.98. The number of aryl methyl sites for hydroxylation is 2. The van der Waals surface area contributed by atoms with Crippen LogP contribution in [-0.4, -0.2) is 37.4 Å². The second-order valence-corrected chi connectivity index (χ2v) is 5.98. The molecule has 0 aromatic heterocycles. The molecule has 0 radical (unpaired) electrons. The lowest BCUT2D eigenvalue weighted by Gasteiger charge is -2.11. The average molecular weight is 325 g/mol. The van der Waals surface area contributed by atoms with Gasteiger partial charge in [-0.25, -0.2) is 0 Å². The molecule has 2 aromatic rings. The van der Waals surface area contributed by atoms with Crippen molar-refractivity contribution < 1.29 is 9.59 Å². The maximum Gasteiger partial charge on any atom is 0.253 e. The third-order valence-corrected chi connectivity index (χ3v) is 3.78. The molecular weight excluding hydrogens is 302 g/mol. The summed E-state index contributed by atoms with van der Waals surface area (Å²) in [5.74, 6) is -0.204. The van der Waals surface area contributed by atoms with Gasteiger partial charge < -0.3 is 15.5 Å². The van der Waals surface area contributed by atoms with E-state index >= 15 is 0 Å². The Hall–Kier alpha value is -2.82.